The Labute approximate surface area is 127 Å². The normalized spacial score (nSPS) is 11.5. The Morgan fingerprint density at radius 3 is 2.67 bits per heavy atom. The molecule has 0 aliphatic rings. The highest BCUT2D eigenvalue weighted by Crippen LogP contribution is 2.27. The number of sulfonamides is 1. The maximum absolute atomic E-state index is 12.3. The Balaban J connectivity index is 2.26. The molecule has 0 aliphatic heterocycles. The van der Waals surface area contributed by atoms with Crippen LogP contribution in [0, 0.1) is 0 Å². The van der Waals surface area contributed by atoms with E-state index in [4.69, 9.17) is 9.47 Å². The minimum Gasteiger partial charge on any atom is -0.497 e. The fraction of sp³-hybridized carbons (Fsp3) is 0.154. The van der Waals surface area contributed by atoms with Gasteiger partial charge in [0, 0.05) is 10.9 Å². The van der Waals surface area contributed by atoms with Crippen LogP contribution in [0.25, 0.3) is 0 Å². The first-order valence-electron chi connectivity index (χ1n) is 5.87. The first-order chi connectivity index (χ1) is 10.1. The predicted octanol–water partition coefficient (Wildman–Crippen LogP) is 2.08. The van der Waals surface area contributed by atoms with Crippen LogP contribution in [0.3, 0.4) is 0 Å². The van der Waals surface area contributed by atoms with Crippen molar-refractivity contribution in [1.82, 2.24) is 4.83 Å². The molecule has 0 unspecified atom stereocenters. The van der Waals surface area contributed by atoms with Gasteiger partial charge in [0.15, 0.2) is 0 Å². The summed E-state index contributed by atoms with van der Waals surface area (Å²) in [4.78, 5) is 2.96. The van der Waals surface area contributed by atoms with Crippen molar-refractivity contribution in [3.8, 4) is 11.5 Å². The van der Waals surface area contributed by atoms with E-state index in [0.717, 1.165) is 4.88 Å². The predicted molar refractivity (Wildman–Crippen MR) is 81.8 cm³/mol. The van der Waals surface area contributed by atoms with Gasteiger partial charge in [-0.25, -0.2) is 0 Å². The standard InChI is InChI=1S/C13H14N2O4S2/c1-18-10-5-6-12(19-2)13(8-10)21(16,17)15-14-9-11-4-3-7-20-11/h3-9,15H,1-2H3/b14-9+. The Bertz CT molecular complexity index is 725. The van der Waals surface area contributed by atoms with Crippen LogP contribution in [-0.2, 0) is 10.0 Å². The van der Waals surface area contributed by atoms with Gasteiger partial charge in [0.05, 0.1) is 20.4 Å². The molecule has 1 aromatic heterocycles. The van der Waals surface area contributed by atoms with Crippen LogP contribution in [0.5, 0.6) is 11.5 Å². The van der Waals surface area contributed by atoms with Gasteiger partial charge in [-0.1, -0.05) is 6.07 Å². The number of rotatable bonds is 6. The summed E-state index contributed by atoms with van der Waals surface area (Å²) in [6, 6.07) is 8.20. The third kappa shape index (κ3) is 3.73. The van der Waals surface area contributed by atoms with E-state index in [-0.39, 0.29) is 10.6 Å². The number of hydrogen-bond acceptors (Lipinski definition) is 6. The van der Waals surface area contributed by atoms with Gasteiger partial charge in [0.1, 0.15) is 16.4 Å². The summed E-state index contributed by atoms with van der Waals surface area (Å²) in [7, 11) is -0.980. The summed E-state index contributed by atoms with van der Waals surface area (Å²) in [5.74, 6) is 0.632. The second kappa shape index (κ2) is 6.59. The zero-order valence-electron chi connectivity index (χ0n) is 11.4. The van der Waals surface area contributed by atoms with Crippen molar-refractivity contribution >= 4 is 27.6 Å². The van der Waals surface area contributed by atoms with Crippen molar-refractivity contribution < 1.29 is 17.9 Å². The average Bonchev–Trinajstić information content (AvgIpc) is 2.99. The minimum atomic E-state index is -3.84. The van der Waals surface area contributed by atoms with Gasteiger partial charge in [0.25, 0.3) is 10.0 Å². The van der Waals surface area contributed by atoms with Crippen molar-refractivity contribution in [1.29, 1.82) is 0 Å². The summed E-state index contributed by atoms with van der Waals surface area (Å²) in [6.07, 6.45) is 1.44. The van der Waals surface area contributed by atoms with Crippen LogP contribution < -0.4 is 14.3 Å². The molecular formula is C13H14N2O4S2. The molecule has 0 aliphatic carbocycles. The first-order valence-corrected chi connectivity index (χ1v) is 8.23. The molecule has 112 valence electrons. The summed E-state index contributed by atoms with van der Waals surface area (Å²) < 4.78 is 34.6. The highest BCUT2D eigenvalue weighted by atomic mass is 32.2. The SMILES string of the molecule is COc1ccc(OC)c(S(=O)(=O)N/N=C/c2cccs2)c1. The van der Waals surface area contributed by atoms with E-state index in [9.17, 15) is 8.42 Å². The lowest BCUT2D eigenvalue weighted by atomic mass is 10.3. The average molecular weight is 326 g/mol. The van der Waals surface area contributed by atoms with E-state index in [1.807, 2.05) is 17.5 Å². The van der Waals surface area contributed by atoms with E-state index in [0.29, 0.717) is 5.75 Å². The molecule has 1 aromatic carbocycles. The topological polar surface area (TPSA) is 77.0 Å². The number of nitrogens with zero attached hydrogens (tertiary/aromatic N) is 1. The number of ether oxygens (including phenoxy) is 2. The molecular weight excluding hydrogens is 312 g/mol. The van der Waals surface area contributed by atoms with E-state index in [1.165, 1.54) is 43.9 Å². The molecule has 8 heteroatoms. The van der Waals surface area contributed by atoms with Crippen molar-refractivity contribution in [2.75, 3.05) is 14.2 Å². The highest BCUT2D eigenvalue weighted by molar-refractivity contribution is 7.89. The molecule has 0 radical (unpaired) electrons. The summed E-state index contributed by atoms with van der Waals surface area (Å²) >= 11 is 1.45. The zero-order valence-corrected chi connectivity index (χ0v) is 13.1. The largest absolute Gasteiger partial charge is 0.497 e. The molecule has 2 aromatic rings. The van der Waals surface area contributed by atoms with Gasteiger partial charge in [-0.3, -0.25) is 0 Å². The van der Waals surface area contributed by atoms with Crippen molar-refractivity contribution in [2.24, 2.45) is 5.10 Å². The molecule has 0 spiro atoms. The van der Waals surface area contributed by atoms with Gasteiger partial charge in [-0.2, -0.15) is 18.4 Å². The van der Waals surface area contributed by atoms with Crippen LogP contribution in [0.15, 0.2) is 45.7 Å². The quantitative estimate of drug-likeness (QED) is 0.651. The Morgan fingerprint density at radius 2 is 2.05 bits per heavy atom. The van der Waals surface area contributed by atoms with Crippen LogP contribution >= 0.6 is 11.3 Å². The van der Waals surface area contributed by atoms with E-state index >= 15 is 0 Å². The molecule has 21 heavy (non-hydrogen) atoms. The van der Waals surface area contributed by atoms with Crippen molar-refractivity contribution in [2.45, 2.75) is 4.90 Å². The van der Waals surface area contributed by atoms with Crippen LogP contribution in [-0.4, -0.2) is 28.9 Å². The molecule has 0 bridgehead atoms. The molecule has 0 saturated carbocycles. The zero-order chi connectivity index (χ0) is 15.3. The maximum Gasteiger partial charge on any atom is 0.280 e. The van der Waals surface area contributed by atoms with Crippen molar-refractivity contribution in [3.05, 3.63) is 40.6 Å². The second-order valence-electron chi connectivity index (χ2n) is 3.89. The number of hydrogen-bond donors (Lipinski definition) is 1. The minimum absolute atomic E-state index is 0.0346. The maximum atomic E-state index is 12.3. The molecule has 1 N–H and O–H groups in total. The van der Waals surface area contributed by atoms with Crippen LogP contribution in [0.4, 0.5) is 0 Å². The Hall–Kier alpha value is -2.06. The molecule has 2 rings (SSSR count). The molecule has 0 amide bonds. The molecule has 0 saturated heterocycles. The van der Waals surface area contributed by atoms with Crippen LogP contribution in [0.1, 0.15) is 4.88 Å². The molecule has 0 atom stereocenters. The van der Waals surface area contributed by atoms with Gasteiger partial charge in [-0.15, -0.1) is 11.3 Å². The second-order valence-corrected chi connectivity index (χ2v) is 6.49. The first kappa shape index (κ1) is 15.3. The lowest BCUT2D eigenvalue weighted by Gasteiger charge is -2.10. The number of methoxy groups -OCH3 is 2. The number of thiophene rings is 1. The summed E-state index contributed by atoms with van der Waals surface area (Å²) in [5.41, 5.74) is 0. The molecule has 6 nitrogen and oxygen atoms in total. The smallest absolute Gasteiger partial charge is 0.280 e. The monoisotopic (exact) mass is 326 g/mol. The van der Waals surface area contributed by atoms with Crippen LogP contribution in [0.2, 0.25) is 0 Å². The van der Waals surface area contributed by atoms with E-state index < -0.39 is 10.0 Å². The van der Waals surface area contributed by atoms with Gasteiger partial charge in [-0.05, 0) is 23.6 Å². The van der Waals surface area contributed by atoms with E-state index in [1.54, 1.807) is 6.07 Å². The number of hydrazone groups is 1. The van der Waals surface area contributed by atoms with E-state index in [2.05, 4.69) is 9.93 Å². The Kier molecular flexibility index (Phi) is 4.81. The highest BCUT2D eigenvalue weighted by Gasteiger charge is 2.19. The summed E-state index contributed by atoms with van der Waals surface area (Å²) in [6.45, 7) is 0. The molecule has 1 heterocycles. The fourth-order valence-corrected chi connectivity index (χ4v) is 3.13. The van der Waals surface area contributed by atoms with Crippen molar-refractivity contribution in [3.63, 3.8) is 0 Å². The number of nitrogens with one attached hydrogen (secondary N) is 1. The number of benzene rings is 1. The van der Waals surface area contributed by atoms with Gasteiger partial charge in [0.2, 0.25) is 0 Å². The fourth-order valence-electron chi connectivity index (χ4n) is 1.57. The van der Waals surface area contributed by atoms with Gasteiger partial charge >= 0.3 is 0 Å². The third-order valence-electron chi connectivity index (χ3n) is 2.57. The summed E-state index contributed by atoms with van der Waals surface area (Å²) in [5, 5.41) is 5.62. The lowest BCUT2D eigenvalue weighted by Crippen LogP contribution is -2.19. The Morgan fingerprint density at radius 1 is 1.24 bits per heavy atom. The molecule has 0 fully saturated rings. The lowest BCUT2D eigenvalue weighted by molar-refractivity contribution is 0.392. The van der Waals surface area contributed by atoms with Gasteiger partial charge < -0.3 is 9.47 Å². The third-order valence-corrected chi connectivity index (χ3v) is 4.62.